The Morgan fingerprint density at radius 1 is 1.46 bits per heavy atom. The van der Waals surface area contributed by atoms with Crippen molar-refractivity contribution in [3.05, 3.63) is 38.6 Å². The molecule has 13 heavy (non-hydrogen) atoms. The molecule has 0 fully saturated rings. The average Bonchev–Trinajstić information content (AvgIpc) is 2.02. The van der Waals surface area contributed by atoms with Crippen molar-refractivity contribution in [3.8, 4) is 0 Å². The van der Waals surface area contributed by atoms with Gasteiger partial charge in [-0.1, -0.05) is 15.9 Å². The molecule has 0 spiro atoms. The predicted molar refractivity (Wildman–Crippen MR) is 54.8 cm³/mol. The molecule has 1 N–H and O–H groups in total. The topological polar surface area (TPSA) is 45.8 Å². The molecule has 0 unspecified atom stereocenters. The second kappa shape index (κ2) is 2.96. The minimum atomic E-state index is -0.0428. The van der Waals surface area contributed by atoms with E-state index >= 15 is 0 Å². The van der Waals surface area contributed by atoms with Crippen molar-refractivity contribution in [2.45, 2.75) is 6.92 Å². The Morgan fingerprint density at radius 2 is 2.23 bits per heavy atom. The van der Waals surface area contributed by atoms with Gasteiger partial charge in [-0.3, -0.25) is 9.89 Å². The standard InChI is InChI=1S/C9H7BrN2O/c1-5-2-6(10)3-7-9(5)8(13)4-11-12-7/h2-4H,1H3,(H,12,13). The molecule has 4 heteroatoms. The van der Waals surface area contributed by atoms with Crippen LogP contribution in [0.3, 0.4) is 0 Å². The number of aromatic amines is 1. The van der Waals surface area contributed by atoms with Crippen LogP contribution in [0.2, 0.25) is 0 Å². The summed E-state index contributed by atoms with van der Waals surface area (Å²) in [7, 11) is 0. The Kier molecular flexibility index (Phi) is 1.92. The zero-order valence-electron chi connectivity index (χ0n) is 6.97. The Hall–Kier alpha value is -1.16. The third-order valence-corrected chi connectivity index (χ3v) is 2.37. The summed E-state index contributed by atoms with van der Waals surface area (Å²) >= 11 is 3.36. The van der Waals surface area contributed by atoms with Gasteiger partial charge < -0.3 is 0 Å². The molecule has 0 atom stereocenters. The maximum absolute atomic E-state index is 11.4. The Balaban J connectivity index is 3.03. The van der Waals surface area contributed by atoms with Crippen LogP contribution < -0.4 is 5.43 Å². The number of nitrogens with one attached hydrogen (secondary N) is 1. The molecule has 0 aliphatic carbocycles. The molecular formula is C9H7BrN2O. The molecule has 0 aliphatic rings. The minimum Gasteiger partial charge on any atom is -0.287 e. The van der Waals surface area contributed by atoms with E-state index in [1.54, 1.807) is 0 Å². The van der Waals surface area contributed by atoms with E-state index in [1.165, 1.54) is 6.20 Å². The van der Waals surface area contributed by atoms with Gasteiger partial charge in [0.25, 0.3) is 0 Å². The van der Waals surface area contributed by atoms with Crippen molar-refractivity contribution in [2.75, 3.05) is 0 Å². The number of nitrogens with zero attached hydrogens (tertiary/aromatic N) is 1. The second-order valence-corrected chi connectivity index (χ2v) is 3.80. The Labute approximate surface area is 82.9 Å². The second-order valence-electron chi connectivity index (χ2n) is 2.88. The van der Waals surface area contributed by atoms with Crippen molar-refractivity contribution >= 4 is 26.8 Å². The van der Waals surface area contributed by atoms with E-state index < -0.39 is 0 Å². The van der Waals surface area contributed by atoms with Gasteiger partial charge in [-0.15, -0.1) is 0 Å². The fraction of sp³-hybridized carbons (Fsp3) is 0.111. The lowest BCUT2D eigenvalue weighted by Gasteiger charge is -2.00. The molecule has 0 bridgehead atoms. The highest BCUT2D eigenvalue weighted by Gasteiger charge is 2.02. The van der Waals surface area contributed by atoms with Gasteiger partial charge >= 0.3 is 0 Å². The smallest absolute Gasteiger partial charge is 0.208 e. The van der Waals surface area contributed by atoms with Crippen molar-refractivity contribution in [3.63, 3.8) is 0 Å². The molecule has 1 aromatic carbocycles. The molecule has 3 nitrogen and oxygen atoms in total. The minimum absolute atomic E-state index is 0.0428. The maximum atomic E-state index is 11.4. The fourth-order valence-corrected chi connectivity index (χ4v) is 1.96. The van der Waals surface area contributed by atoms with Crippen LogP contribution in [0, 0.1) is 6.92 Å². The predicted octanol–water partition coefficient (Wildman–Crippen LogP) is 1.99. The molecule has 1 heterocycles. The Bertz CT molecular complexity index is 518. The maximum Gasteiger partial charge on any atom is 0.208 e. The normalized spacial score (nSPS) is 10.6. The summed E-state index contributed by atoms with van der Waals surface area (Å²) in [6.07, 6.45) is 1.29. The van der Waals surface area contributed by atoms with Crippen molar-refractivity contribution in [1.29, 1.82) is 0 Å². The SMILES string of the molecule is Cc1cc(Br)cc2[nH]ncc(=O)c12. The lowest BCUT2D eigenvalue weighted by Crippen LogP contribution is -2.04. The van der Waals surface area contributed by atoms with Gasteiger partial charge in [0.15, 0.2) is 0 Å². The third-order valence-electron chi connectivity index (χ3n) is 1.91. The van der Waals surface area contributed by atoms with Gasteiger partial charge in [0, 0.05) is 4.47 Å². The van der Waals surface area contributed by atoms with Crippen molar-refractivity contribution < 1.29 is 0 Å². The van der Waals surface area contributed by atoms with Crippen LogP contribution in [0.25, 0.3) is 10.9 Å². The Morgan fingerprint density at radius 3 is 3.00 bits per heavy atom. The highest BCUT2D eigenvalue weighted by molar-refractivity contribution is 9.10. The first kappa shape index (κ1) is 8.44. The molecule has 2 aromatic rings. The van der Waals surface area contributed by atoms with Crippen LogP contribution >= 0.6 is 15.9 Å². The summed E-state index contributed by atoms with van der Waals surface area (Å²) in [6, 6.07) is 3.76. The lowest BCUT2D eigenvalue weighted by atomic mass is 10.1. The van der Waals surface area contributed by atoms with Crippen LogP contribution in [0.5, 0.6) is 0 Å². The van der Waals surface area contributed by atoms with Crippen LogP contribution in [0.1, 0.15) is 5.56 Å². The number of fused-ring (bicyclic) bond motifs is 1. The van der Waals surface area contributed by atoms with E-state index in [9.17, 15) is 4.79 Å². The first-order chi connectivity index (χ1) is 6.18. The first-order valence-electron chi connectivity index (χ1n) is 3.82. The van der Waals surface area contributed by atoms with E-state index in [4.69, 9.17) is 0 Å². The summed E-state index contributed by atoms with van der Waals surface area (Å²) in [6.45, 7) is 1.91. The fourth-order valence-electron chi connectivity index (χ4n) is 1.38. The zero-order chi connectivity index (χ0) is 9.42. The lowest BCUT2D eigenvalue weighted by molar-refractivity contribution is 1.06. The molecule has 0 saturated heterocycles. The van der Waals surface area contributed by atoms with Crippen LogP contribution in [-0.2, 0) is 0 Å². The van der Waals surface area contributed by atoms with E-state index in [1.807, 2.05) is 19.1 Å². The van der Waals surface area contributed by atoms with E-state index in [-0.39, 0.29) is 5.43 Å². The van der Waals surface area contributed by atoms with Gasteiger partial charge in [0.05, 0.1) is 17.1 Å². The number of rotatable bonds is 0. The van der Waals surface area contributed by atoms with Gasteiger partial charge in [-0.25, -0.2) is 0 Å². The molecule has 1 aromatic heterocycles. The summed E-state index contributed by atoms with van der Waals surface area (Å²) in [5.41, 5.74) is 1.67. The molecule has 0 radical (unpaired) electrons. The first-order valence-corrected chi connectivity index (χ1v) is 4.61. The third kappa shape index (κ3) is 1.37. The molecule has 0 aliphatic heterocycles. The van der Waals surface area contributed by atoms with E-state index in [2.05, 4.69) is 26.1 Å². The van der Waals surface area contributed by atoms with Gasteiger partial charge in [0.1, 0.15) is 0 Å². The largest absolute Gasteiger partial charge is 0.287 e. The number of H-pyrrole nitrogens is 1. The van der Waals surface area contributed by atoms with Gasteiger partial charge in [0.2, 0.25) is 5.43 Å². The van der Waals surface area contributed by atoms with Gasteiger partial charge in [-0.05, 0) is 24.6 Å². The summed E-state index contributed by atoms with van der Waals surface area (Å²) in [5.74, 6) is 0. The molecule has 66 valence electrons. The number of hydrogen-bond donors (Lipinski definition) is 1. The van der Waals surface area contributed by atoms with Crippen molar-refractivity contribution in [2.24, 2.45) is 0 Å². The number of benzene rings is 1. The molecule has 0 amide bonds. The molecule has 0 saturated carbocycles. The monoisotopic (exact) mass is 238 g/mol. The molecule has 2 rings (SSSR count). The highest BCUT2D eigenvalue weighted by Crippen LogP contribution is 2.18. The van der Waals surface area contributed by atoms with Crippen LogP contribution in [0.4, 0.5) is 0 Å². The van der Waals surface area contributed by atoms with Crippen LogP contribution in [0.15, 0.2) is 27.6 Å². The number of aromatic nitrogens is 2. The zero-order valence-corrected chi connectivity index (χ0v) is 8.55. The van der Waals surface area contributed by atoms with Crippen molar-refractivity contribution in [1.82, 2.24) is 10.2 Å². The van der Waals surface area contributed by atoms with Gasteiger partial charge in [-0.2, -0.15) is 5.10 Å². The summed E-state index contributed by atoms with van der Waals surface area (Å²) in [5, 5.41) is 7.24. The number of halogens is 1. The summed E-state index contributed by atoms with van der Waals surface area (Å²) < 4.78 is 0.946. The van der Waals surface area contributed by atoms with E-state index in [0.717, 1.165) is 15.6 Å². The molecular weight excluding hydrogens is 232 g/mol. The number of aryl methyl sites for hydroxylation is 1. The highest BCUT2D eigenvalue weighted by atomic mass is 79.9. The van der Waals surface area contributed by atoms with Crippen LogP contribution in [-0.4, -0.2) is 10.2 Å². The quantitative estimate of drug-likeness (QED) is 0.764. The average molecular weight is 239 g/mol. The van der Waals surface area contributed by atoms with E-state index in [0.29, 0.717) is 5.39 Å². The summed E-state index contributed by atoms with van der Waals surface area (Å²) in [4.78, 5) is 11.4. The number of hydrogen-bond acceptors (Lipinski definition) is 2.